The molecule has 0 saturated carbocycles. The van der Waals surface area contributed by atoms with Crippen molar-refractivity contribution in [3.05, 3.63) is 118 Å². The number of carbonyl (C=O) groups is 2. The Balaban J connectivity index is 0.000000258. The normalized spacial score (nSPS) is 15.2. The van der Waals surface area contributed by atoms with E-state index in [1.165, 1.54) is 24.3 Å². The van der Waals surface area contributed by atoms with Crippen molar-refractivity contribution in [2.24, 2.45) is 5.92 Å². The average Bonchev–Trinajstić information content (AvgIpc) is 3.10. The fraction of sp³-hybridized carbons (Fsp3) is 0.333. The van der Waals surface area contributed by atoms with Crippen LogP contribution in [0.3, 0.4) is 0 Å². The van der Waals surface area contributed by atoms with Gasteiger partial charge in [-0.1, -0.05) is 48.9 Å². The largest absolute Gasteiger partial charge is 0.490 e. The predicted octanol–water partition coefficient (Wildman–Crippen LogP) is 8.95. The van der Waals surface area contributed by atoms with E-state index in [1.807, 2.05) is 38.1 Å². The van der Waals surface area contributed by atoms with Crippen LogP contribution in [0.15, 0.2) is 84.9 Å². The number of rotatable bonds is 9. The van der Waals surface area contributed by atoms with Gasteiger partial charge in [0.1, 0.15) is 11.5 Å². The lowest BCUT2D eigenvalue weighted by Gasteiger charge is -2.33. The molecule has 0 radical (unpaired) electrons. The number of halogens is 7. The molecule has 4 aromatic carbocycles. The molecule has 2 amide bonds. The minimum atomic E-state index is -4.51. The van der Waals surface area contributed by atoms with Crippen molar-refractivity contribution in [3.8, 4) is 17.2 Å². The Bertz CT molecular complexity index is 1890. The van der Waals surface area contributed by atoms with E-state index in [-0.39, 0.29) is 53.0 Å². The van der Waals surface area contributed by atoms with Gasteiger partial charge in [-0.3, -0.25) is 9.59 Å². The molecule has 0 fully saturated rings. The molecule has 0 spiro atoms. The smallest absolute Gasteiger partial charge is 0.417 e. The van der Waals surface area contributed by atoms with Gasteiger partial charge in [0.15, 0.2) is 5.75 Å². The number of nitrogens with one attached hydrogen (secondary N) is 1. The summed E-state index contributed by atoms with van der Waals surface area (Å²) in [5.41, 5.74) is 0.389. The van der Waals surface area contributed by atoms with Crippen molar-refractivity contribution in [2.45, 2.75) is 45.2 Å². The van der Waals surface area contributed by atoms with Crippen LogP contribution in [0.25, 0.3) is 0 Å². The summed E-state index contributed by atoms with van der Waals surface area (Å²) < 4.78 is 87.8. The molecule has 15 heteroatoms. The number of carbonyl (C=O) groups excluding carboxylic acids is 2. The van der Waals surface area contributed by atoms with Crippen molar-refractivity contribution in [3.63, 3.8) is 0 Å². The summed E-state index contributed by atoms with van der Waals surface area (Å²) in [6, 6.07) is 19.5. The third-order valence-corrected chi connectivity index (χ3v) is 8.47. The number of ether oxygens (including phenoxy) is 2. The Labute approximate surface area is 314 Å². The number of fused-ring (bicyclic) bond motifs is 1. The molecule has 8 nitrogen and oxygen atoms in total. The number of benzene rings is 4. The van der Waals surface area contributed by atoms with Gasteiger partial charge in [-0.2, -0.15) is 26.3 Å². The van der Waals surface area contributed by atoms with Gasteiger partial charge in [0, 0.05) is 19.0 Å². The molecule has 1 heterocycles. The first-order chi connectivity index (χ1) is 25.3. The van der Waals surface area contributed by atoms with Crippen molar-refractivity contribution < 1.29 is 50.5 Å². The highest BCUT2D eigenvalue weighted by molar-refractivity contribution is 6.31. The number of hydrogen-bond donors (Lipinski definition) is 2. The quantitative estimate of drug-likeness (QED) is 0.165. The van der Waals surface area contributed by atoms with E-state index in [2.05, 4.69) is 5.32 Å². The number of nitrogens with zero attached hydrogens (tertiary/aromatic N) is 2. The van der Waals surface area contributed by atoms with Gasteiger partial charge in [0.2, 0.25) is 5.91 Å². The molecule has 2 N–H and O–H groups in total. The topological polar surface area (TPSA) is 91.3 Å². The molecular formula is C39H40ClF6N3O5. The summed E-state index contributed by atoms with van der Waals surface area (Å²) in [7, 11) is 3.91. The van der Waals surface area contributed by atoms with E-state index in [0.29, 0.717) is 30.2 Å². The molecule has 0 bridgehead atoms. The zero-order chi connectivity index (χ0) is 39.8. The summed E-state index contributed by atoms with van der Waals surface area (Å²) in [5.74, 6) is 0.0313. The molecule has 54 heavy (non-hydrogen) atoms. The van der Waals surface area contributed by atoms with E-state index >= 15 is 0 Å². The van der Waals surface area contributed by atoms with Crippen LogP contribution in [0.4, 0.5) is 32.0 Å². The van der Waals surface area contributed by atoms with E-state index < -0.39 is 29.4 Å². The van der Waals surface area contributed by atoms with Gasteiger partial charge in [-0.05, 0) is 86.7 Å². The van der Waals surface area contributed by atoms with Crippen molar-refractivity contribution in [2.75, 3.05) is 39.2 Å². The number of hydrogen-bond acceptors (Lipinski definition) is 6. The highest BCUT2D eigenvalue weighted by atomic mass is 35.5. The Hall–Kier alpha value is -4.79. The molecular weight excluding hydrogens is 740 g/mol. The molecule has 0 unspecified atom stereocenters. The standard InChI is InChI=1S/C23H25F3N2O4.C16H15ClF3NO/c1-14-11-28(15(2)12-29)22(31)18-4-3-5-19(21(18)32-13-14)27-20(30)10-16-6-8-17(9-7-16)23(24,25)26;1-21(2)10-11-3-5-12(6-4-11)22-13-7-8-15(17)14(9-13)16(18,19)20/h3-9,14-15,29H,10-13H2,1-2H3,(H,27,30);3-9H,10H2,1-2H3/t14-,15+;/m1./s1. The van der Waals surface area contributed by atoms with Crippen LogP contribution in [-0.4, -0.2) is 66.6 Å². The van der Waals surface area contributed by atoms with E-state index in [0.717, 1.165) is 30.3 Å². The molecule has 1 aliphatic heterocycles. The summed E-state index contributed by atoms with van der Waals surface area (Å²) in [6.45, 7) is 4.99. The van der Waals surface area contributed by atoms with Crippen molar-refractivity contribution in [1.29, 1.82) is 0 Å². The van der Waals surface area contributed by atoms with Gasteiger partial charge < -0.3 is 29.7 Å². The van der Waals surface area contributed by atoms with Gasteiger partial charge in [-0.15, -0.1) is 0 Å². The third-order valence-electron chi connectivity index (χ3n) is 8.14. The van der Waals surface area contributed by atoms with E-state index in [9.17, 15) is 41.0 Å². The van der Waals surface area contributed by atoms with Crippen LogP contribution in [0.1, 0.15) is 46.5 Å². The highest BCUT2D eigenvalue weighted by Gasteiger charge is 2.34. The summed E-state index contributed by atoms with van der Waals surface area (Å²) in [4.78, 5) is 29.3. The molecule has 0 aromatic heterocycles. The molecule has 2 atom stereocenters. The zero-order valence-corrected chi connectivity index (χ0v) is 30.6. The number of alkyl halides is 6. The molecule has 4 aromatic rings. The number of para-hydroxylation sites is 1. The Morgan fingerprint density at radius 3 is 2.19 bits per heavy atom. The van der Waals surface area contributed by atoms with Gasteiger partial charge in [-0.25, -0.2) is 0 Å². The van der Waals surface area contributed by atoms with Gasteiger partial charge in [0.25, 0.3) is 5.91 Å². The first-order valence-electron chi connectivity index (χ1n) is 16.8. The molecule has 0 saturated heterocycles. The van der Waals surface area contributed by atoms with Crippen LogP contribution >= 0.6 is 11.6 Å². The van der Waals surface area contributed by atoms with Crippen molar-refractivity contribution >= 4 is 29.1 Å². The Morgan fingerprint density at radius 1 is 0.963 bits per heavy atom. The summed E-state index contributed by atoms with van der Waals surface area (Å²) in [6.07, 6.45) is -9.09. The third kappa shape index (κ3) is 11.6. The molecule has 1 aliphatic rings. The van der Waals surface area contributed by atoms with Crippen LogP contribution in [-0.2, 0) is 30.1 Å². The maximum Gasteiger partial charge on any atom is 0.417 e. The SMILES string of the molecule is CN(C)Cc1ccc(Oc2ccc(Cl)c(C(F)(F)F)c2)cc1.C[C@H]1COc2c(NC(=O)Cc3ccc(C(F)(F)F)cc3)cccc2C(=O)N([C@@H](C)CO)C1. The minimum absolute atomic E-state index is 0.00277. The maximum atomic E-state index is 13.1. The zero-order valence-electron chi connectivity index (χ0n) is 29.9. The lowest BCUT2D eigenvalue weighted by atomic mass is 10.0. The number of amides is 2. The maximum absolute atomic E-state index is 13.1. The van der Waals surface area contributed by atoms with Gasteiger partial charge >= 0.3 is 12.4 Å². The summed E-state index contributed by atoms with van der Waals surface area (Å²) >= 11 is 5.57. The van der Waals surface area contributed by atoms with Crippen LogP contribution in [0.2, 0.25) is 5.02 Å². The fourth-order valence-corrected chi connectivity index (χ4v) is 5.66. The monoisotopic (exact) mass is 779 g/mol. The second kappa shape index (κ2) is 18.0. The first-order valence-corrected chi connectivity index (χ1v) is 17.1. The Kier molecular flexibility index (Phi) is 14.0. The first kappa shape index (κ1) is 42.0. The molecule has 0 aliphatic carbocycles. The lowest BCUT2D eigenvalue weighted by Crippen LogP contribution is -2.45. The van der Waals surface area contributed by atoms with Crippen LogP contribution < -0.4 is 14.8 Å². The highest BCUT2D eigenvalue weighted by Crippen LogP contribution is 2.38. The minimum Gasteiger partial charge on any atom is -0.490 e. The van der Waals surface area contributed by atoms with Crippen LogP contribution in [0, 0.1) is 5.92 Å². The van der Waals surface area contributed by atoms with Crippen molar-refractivity contribution in [1.82, 2.24) is 9.80 Å². The number of aliphatic hydroxyl groups excluding tert-OH is 1. The Morgan fingerprint density at radius 2 is 1.59 bits per heavy atom. The number of anilines is 1. The number of aliphatic hydroxyl groups is 1. The second-order valence-corrected chi connectivity index (χ2v) is 13.5. The molecule has 290 valence electrons. The lowest BCUT2D eigenvalue weighted by molar-refractivity contribution is -0.138. The summed E-state index contributed by atoms with van der Waals surface area (Å²) in [5, 5.41) is 11.9. The second-order valence-electron chi connectivity index (χ2n) is 13.1. The predicted molar refractivity (Wildman–Crippen MR) is 193 cm³/mol. The van der Waals surface area contributed by atoms with Gasteiger partial charge in [0.05, 0.1) is 53.1 Å². The fourth-order valence-electron chi connectivity index (χ4n) is 5.43. The average molecular weight is 780 g/mol. The van der Waals surface area contributed by atoms with E-state index in [4.69, 9.17) is 21.1 Å². The molecule has 5 rings (SSSR count). The van der Waals surface area contributed by atoms with E-state index in [1.54, 1.807) is 42.2 Å². The van der Waals surface area contributed by atoms with Crippen LogP contribution in [0.5, 0.6) is 17.2 Å².